The number of likely N-dealkylation sites (N-methyl/N-ethyl adjacent to an activating group) is 1. The van der Waals surface area contributed by atoms with Gasteiger partial charge in [-0.3, -0.25) is 9.36 Å². The van der Waals surface area contributed by atoms with Crippen molar-refractivity contribution in [3.8, 4) is 0 Å². The van der Waals surface area contributed by atoms with Gasteiger partial charge in [0, 0.05) is 26.2 Å². The minimum absolute atomic E-state index is 0.303. The fourth-order valence-corrected chi connectivity index (χ4v) is 3.40. The number of pyridine rings is 1. The van der Waals surface area contributed by atoms with E-state index in [2.05, 4.69) is 27.1 Å². The monoisotopic (exact) mass is 381 g/mol. The van der Waals surface area contributed by atoms with E-state index in [1.807, 2.05) is 12.1 Å². The summed E-state index contributed by atoms with van der Waals surface area (Å²) in [5.41, 5.74) is 1.65. The molecule has 1 aliphatic heterocycles. The normalized spacial score (nSPS) is 16.3. The summed E-state index contributed by atoms with van der Waals surface area (Å²) in [6, 6.07) is 10.1. The highest BCUT2D eigenvalue weighted by atomic mass is 16.4. The zero-order valence-electron chi connectivity index (χ0n) is 16.0. The molecular formula is C20H23N5O3. The lowest BCUT2D eigenvalue weighted by Gasteiger charge is -2.33. The fourth-order valence-electron chi connectivity index (χ4n) is 3.40. The standard InChI is InChI=1S/C20H23N5O3/c1-14(25-16-5-3-4-6-17(16)28-20(25)27)19(26)22-15-7-8-18(21-13-15)24-11-9-23(2)10-12-24/h3-8,13-14H,9-12H2,1-2H3,(H,22,26)/t14-/m0/s1. The number of carbonyl (C=O) groups is 1. The number of nitrogens with one attached hydrogen (secondary N) is 1. The maximum absolute atomic E-state index is 12.7. The van der Waals surface area contributed by atoms with Crippen molar-refractivity contribution in [1.29, 1.82) is 0 Å². The summed E-state index contributed by atoms with van der Waals surface area (Å²) in [4.78, 5) is 33.8. The van der Waals surface area contributed by atoms with E-state index in [1.54, 1.807) is 37.4 Å². The summed E-state index contributed by atoms with van der Waals surface area (Å²) >= 11 is 0. The molecule has 1 aromatic carbocycles. The molecule has 1 atom stereocenters. The maximum Gasteiger partial charge on any atom is 0.420 e. The SMILES string of the molecule is C[C@@H](C(=O)Nc1ccc(N2CCN(C)CC2)nc1)n1c(=O)oc2ccccc21. The quantitative estimate of drug-likeness (QED) is 0.744. The number of amides is 1. The summed E-state index contributed by atoms with van der Waals surface area (Å²) in [5, 5.41) is 2.83. The molecule has 1 saturated heterocycles. The van der Waals surface area contributed by atoms with Gasteiger partial charge in [0.2, 0.25) is 5.91 Å². The third kappa shape index (κ3) is 3.50. The number of benzene rings is 1. The highest BCUT2D eigenvalue weighted by Gasteiger charge is 2.21. The summed E-state index contributed by atoms with van der Waals surface area (Å²) in [6.45, 7) is 5.55. The number of para-hydroxylation sites is 2. The number of piperazine rings is 1. The molecular weight excluding hydrogens is 358 g/mol. The first-order valence-corrected chi connectivity index (χ1v) is 9.33. The lowest BCUT2D eigenvalue weighted by atomic mass is 10.2. The van der Waals surface area contributed by atoms with E-state index in [9.17, 15) is 9.59 Å². The lowest BCUT2D eigenvalue weighted by molar-refractivity contribution is -0.118. The largest absolute Gasteiger partial charge is 0.420 e. The van der Waals surface area contributed by atoms with Gasteiger partial charge in [-0.05, 0) is 38.2 Å². The van der Waals surface area contributed by atoms with E-state index in [1.165, 1.54) is 4.57 Å². The van der Waals surface area contributed by atoms with E-state index in [-0.39, 0.29) is 5.91 Å². The zero-order chi connectivity index (χ0) is 19.7. The molecule has 3 heterocycles. The second-order valence-corrected chi connectivity index (χ2v) is 7.07. The van der Waals surface area contributed by atoms with Crippen molar-refractivity contribution in [2.45, 2.75) is 13.0 Å². The molecule has 4 rings (SSSR count). The van der Waals surface area contributed by atoms with Crippen LogP contribution in [0.4, 0.5) is 11.5 Å². The number of hydrogen-bond donors (Lipinski definition) is 1. The second-order valence-electron chi connectivity index (χ2n) is 7.07. The van der Waals surface area contributed by atoms with Crippen LogP contribution in [0.5, 0.6) is 0 Å². The maximum atomic E-state index is 12.7. The van der Waals surface area contributed by atoms with Crippen molar-refractivity contribution in [2.75, 3.05) is 43.4 Å². The molecule has 0 saturated carbocycles. The average Bonchev–Trinajstić information content (AvgIpc) is 3.04. The Bertz CT molecular complexity index is 1030. The Hall–Kier alpha value is -3.13. The van der Waals surface area contributed by atoms with Crippen LogP contribution in [0.15, 0.2) is 51.8 Å². The van der Waals surface area contributed by atoms with Crippen molar-refractivity contribution >= 4 is 28.5 Å². The van der Waals surface area contributed by atoms with Crippen LogP contribution in [-0.4, -0.2) is 53.6 Å². The van der Waals surface area contributed by atoms with Crippen LogP contribution < -0.4 is 16.0 Å². The van der Waals surface area contributed by atoms with Crippen molar-refractivity contribution in [3.05, 3.63) is 53.1 Å². The Labute approximate surface area is 162 Å². The van der Waals surface area contributed by atoms with Gasteiger partial charge in [-0.15, -0.1) is 0 Å². The van der Waals surface area contributed by atoms with E-state index in [0.29, 0.717) is 16.8 Å². The highest BCUT2D eigenvalue weighted by Crippen LogP contribution is 2.19. The lowest BCUT2D eigenvalue weighted by Crippen LogP contribution is -2.44. The summed E-state index contributed by atoms with van der Waals surface area (Å²) in [7, 11) is 2.11. The van der Waals surface area contributed by atoms with Crippen LogP contribution in [0.1, 0.15) is 13.0 Å². The molecule has 8 nitrogen and oxygen atoms in total. The van der Waals surface area contributed by atoms with Crippen molar-refractivity contribution in [1.82, 2.24) is 14.5 Å². The Balaban J connectivity index is 1.47. The molecule has 28 heavy (non-hydrogen) atoms. The van der Waals surface area contributed by atoms with Gasteiger partial charge in [-0.25, -0.2) is 9.78 Å². The van der Waals surface area contributed by atoms with Gasteiger partial charge in [-0.1, -0.05) is 12.1 Å². The predicted molar refractivity (Wildman–Crippen MR) is 108 cm³/mol. The van der Waals surface area contributed by atoms with E-state index in [4.69, 9.17) is 4.42 Å². The summed E-state index contributed by atoms with van der Waals surface area (Å²) in [6.07, 6.45) is 1.65. The number of nitrogens with zero attached hydrogens (tertiary/aromatic N) is 4. The molecule has 8 heteroatoms. The third-order valence-corrected chi connectivity index (χ3v) is 5.13. The van der Waals surface area contributed by atoms with Gasteiger partial charge in [0.05, 0.1) is 17.4 Å². The number of hydrogen-bond acceptors (Lipinski definition) is 6. The first kappa shape index (κ1) is 18.2. The van der Waals surface area contributed by atoms with Gasteiger partial charge < -0.3 is 19.5 Å². The molecule has 1 aliphatic rings. The van der Waals surface area contributed by atoms with Crippen molar-refractivity contribution in [2.24, 2.45) is 0 Å². The molecule has 0 aliphatic carbocycles. The Morgan fingerprint density at radius 2 is 1.89 bits per heavy atom. The van der Waals surface area contributed by atoms with Crippen LogP contribution >= 0.6 is 0 Å². The van der Waals surface area contributed by atoms with E-state index >= 15 is 0 Å². The van der Waals surface area contributed by atoms with Gasteiger partial charge in [-0.2, -0.15) is 0 Å². The highest BCUT2D eigenvalue weighted by molar-refractivity contribution is 5.94. The molecule has 146 valence electrons. The number of anilines is 2. The molecule has 2 aromatic heterocycles. The van der Waals surface area contributed by atoms with Crippen LogP contribution in [0.25, 0.3) is 11.1 Å². The van der Waals surface area contributed by atoms with Crippen molar-refractivity contribution < 1.29 is 9.21 Å². The number of carbonyl (C=O) groups excluding carboxylic acids is 1. The molecule has 0 unspecified atom stereocenters. The van der Waals surface area contributed by atoms with Crippen LogP contribution in [0.3, 0.4) is 0 Å². The van der Waals surface area contributed by atoms with Gasteiger partial charge in [0.15, 0.2) is 5.58 Å². The van der Waals surface area contributed by atoms with Crippen LogP contribution in [-0.2, 0) is 4.79 Å². The fraction of sp³-hybridized carbons (Fsp3) is 0.350. The number of fused-ring (bicyclic) bond motifs is 1. The van der Waals surface area contributed by atoms with Crippen LogP contribution in [0, 0.1) is 0 Å². The molecule has 1 N–H and O–H groups in total. The van der Waals surface area contributed by atoms with Gasteiger partial charge in [0.25, 0.3) is 0 Å². The molecule has 0 spiro atoms. The van der Waals surface area contributed by atoms with E-state index < -0.39 is 11.8 Å². The Kier molecular flexibility index (Phi) is 4.87. The minimum atomic E-state index is -0.714. The Morgan fingerprint density at radius 1 is 1.14 bits per heavy atom. The first-order valence-electron chi connectivity index (χ1n) is 9.33. The molecule has 1 fully saturated rings. The second kappa shape index (κ2) is 7.47. The smallest absolute Gasteiger partial charge is 0.408 e. The number of aromatic nitrogens is 2. The third-order valence-electron chi connectivity index (χ3n) is 5.13. The molecule has 1 amide bonds. The van der Waals surface area contributed by atoms with Gasteiger partial charge in [0.1, 0.15) is 11.9 Å². The van der Waals surface area contributed by atoms with Crippen molar-refractivity contribution in [3.63, 3.8) is 0 Å². The first-order chi connectivity index (χ1) is 13.5. The Morgan fingerprint density at radius 3 is 2.61 bits per heavy atom. The van der Waals surface area contributed by atoms with Crippen LogP contribution in [0.2, 0.25) is 0 Å². The molecule has 0 bridgehead atoms. The number of rotatable bonds is 4. The van der Waals surface area contributed by atoms with Gasteiger partial charge >= 0.3 is 5.76 Å². The topological polar surface area (TPSA) is 83.6 Å². The summed E-state index contributed by atoms with van der Waals surface area (Å²) < 4.78 is 6.57. The number of oxazole rings is 1. The zero-order valence-corrected chi connectivity index (χ0v) is 16.0. The summed E-state index contributed by atoms with van der Waals surface area (Å²) in [5.74, 6) is 0.0476. The average molecular weight is 381 g/mol. The van der Waals surface area contributed by atoms with E-state index in [0.717, 1.165) is 32.0 Å². The minimum Gasteiger partial charge on any atom is -0.408 e. The molecule has 0 radical (unpaired) electrons. The molecule has 3 aromatic rings. The predicted octanol–water partition coefficient (Wildman–Crippen LogP) is 1.94.